The maximum atomic E-state index is 12.1. The molecule has 106 valence electrons. The summed E-state index contributed by atoms with van der Waals surface area (Å²) in [4.78, 5) is 13.8. The summed E-state index contributed by atoms with van der Waals surface area (Å²) in [5, 5.41) is 7.39. The lowest BCUT2D eigenvalue weighted by Crippen LogP contribution is -2.25. The Morgan fingerprint density at radius 3 is 2.74 bits per heavy atom. The van der Waals surface area contributed by atoms with Crippen molar-refractivity contribution in [2.24, 2.45) is 5.92 Å². The molecule has 0 bridgehead atoms. The molecular formula is C13H21N3OS2. The first-order chi connectivity index (χ1) is 9.02. The van der Waals surface area contributed by atoms with Crippen molar-refractivity contribution in [3.63, 3.8) is 0 Å². The molecule has 1 aliphatic carbocycles. The van der Waals surface area contributed by atoms with Gasteiger partial charge < -0.3 is 16.4 Å². The number of carbonyl (C=O) groups excluding carboxylic acids is 1. The zero-order chi connectivity index (χ0) is 14.0. The molecule has 19 heavy (non-hydrogen) atoms. The number of nitrogens with one attached hydrogen (secondary N) is 2. The van der Waals surface area contributed by atoms with Gasteiger partial charge in [-0.25, -0.2) is 0 Å². The molecule has 0 saturated heterocycles. The number of hydrogen-bond donors (Lipinski definition) is 3. The standard InChI is InChI=1S/C13H21N3OS2/c1-7(2)6-15-13-11(18-3)9(14)10(19-13)12(17)16-8-4-5-8/h7-8,15H,4-6,14H2,1-3H3,(H,16,17). The van der Waals surface area contributed by atoms with Crippen LogP contribution in [0.5, 0.6) is 0 Å². The molecule has 1 aromatic rings. The van der Waals surface area contributed by atoms with Gasteiger partial charge >= 0.3 is 0 Å². The molecule has 4 N–H and O–H groups in total. The number of hydrogen-bond acceptors (Lipinski definition) is 5. The number of anilines is 2. The molecule has 4 nitrogen and oxygen atoms in total. The van der Waals surface area contributed by atoms with E-state index in [0.29, 0.717) is 22.5 Å². The number of carbonyl (C=O) groups is 1. The number of thioether (sulfide) groups is 1. The van der Waals surface area contributed by atoms with E-state index in [4.69, 9.17) is 5.73 Å². The van der Waals surface area contributed by atoms with Gasteiger partial charge in [0.1, 0.15) is 9.88 Å². The Morgan fingerprint density at radius 2 is 2.21 bits per heavy atom. The van der Waals surface area contributed by atoms with Gasteiger partial charge in [0.25, 0.3) is 5.91 Å². The van der Waals surface area contributed by atoms with Gasteiger partial charge in [0, 0.05) is 12.6 Å². The van der Waals surface area contributed by atoms with Crippen molar-refractivity contribution in [2.75, 3.05) is 23.9 Å². The van der Waals surface area contributed by atoms with Gasteiger partial charge in [0.05, 0.1) is 10.6 Å². The van der Waals surface area contributed by atoms with Crippen molar-refractivity contribution >= 4 is 39.7 Å². The van der Waals surface area contributed by atoms with Crippen LogP contribution < -0.4 is 16.4 Å². The molecule has 1 saturated carbocycles. The second kappa shape index (κ2) is 6.05. The highest BCUT2D eigenvalue weighted by atomic mass is 32.2. The predicted octanol–water partition coefficient (Wildman–Crippen LogP) is 3.01. The Morgan fingerprint density at radius 1 is 1.53 bits per heavy atom. The van der Waals surface area contributed by atoms with Gasteiger partial charge in [-0.05, 0) is 25.0 Å². The maximum Gasteiger partial charge on any atom is 0.263 e. The van der Waals surface area contributed by atoms with Crippen LogP contribution in [0.15, 0.2) is 4.90 Å². The van der Waals surface area contributed by atoms with E-state index < -0.39 is 0 Å². The summed E-state index contributed by atoms with van der Waals surface area (Å²) in [7, 11) is 0. The van der Waals surface area contributed by atoms with Crippen LogP contribution in [0.1, 0.15) is 36.4 Å². The zero-order valence-corrected chi connectivity index (χ0v) is 13.2. The van der Waals surface area contributed by atoms with Crippen molar-refractivity contribution < 1.29 is 4.79 Å². The highest BCUT2D eigenvalue weighted by Gasteiger charge is 2.27. The van der Waals surface area contributed by atoms with E-state index in [1.165, 1.54) is 11.3 Å². The number of thiophene rings is 1. The topological polar surface area (TPSA) is 67.2 Å². The minimum absolute atomic E-state index is 0.0297. The molecule has 0 unspecified atom stereocenters. The minimum atomic E-state index is -0.0297. The van der Waals surface area contributed by atoms with Gasteiger partial charge in [0.15, 0.2) is 0 Å². The SMILES string of the molecule is CSc1c(NCC(C)C)sc(C(=O)NC2CC2)c1N. The van der Waals surface area contributed by atoms with E-state index in [-0.39, 0.29) is 5.91 Å². The summed E-state index contributed by atoms with van der Waals surface area (Å²) in [6.07, 6.45) is 4.16. The second-order valence-corrected chi connectivity index (χ2v) is 7.07. The molecule has 1 fully saturated rings. The highest BCUT2D eigenvalue weighted by molar-refractivity contribution is 7.99. The summed E-state index contributed by atoms with van der Waals surface area (Å²) >= 11 is 3.05. The van der Waals surface area contributed by atoms with Gasteiger partial charge in [-0.3, -0.25) is 4.79 Å². The average molecular weight is 299 g/mol. The van der Waals surface area contributed by atoms with Crippen molar-refractivity contribution in [2.45, 2.75) is 37.6 Å². The summed E-state index contributed by atoms with van der Waals surface area (Å²) in [6, 6.07) is 0.360. The van der Waals surface area contributed by atoms with Crippen molar-refractivity contribution in [1.82, 2.24) is 5.32 Å². The van der Waals surface area contributed by atoms with Crippen LogP contribution in [-0.4, -0.2) is 24.7 Å². The maximum absolute atomic E-state index is 12.1. The minimum Gasteiger partial charge on any atom is -0.396 e. The first-order valence-electron chi connectivity index (χ1n) is 6.54. The molecule has 0 aromatic carbocycles. The van der Waals surface area contributed by atoms with E-state index in [1.807, 2.05) is 6.26 Å². The van der Waals surface area contributed by atoms with Crippen LogP contribution in [-0.2, 0) is 0 Å². The third-order valence-electron chi connectivity index (χ3n) is 2.89. The third kappa shape index (κ3) is 3.57. The lowest BCUT2D eigenvalue weighted by Gasteiger charge is -2.08. The van der Waals surface area contributed by atoms with E-state index >= 15 is 0 Å². The predicted molar refractivity (Wildman–Crippen MR) is 84.3 cm³/mol. The molecule has 1 aliphatic rings. The fraction of sp³-hybridized carbons (Fsp3) is 0.615. The zero-order valence-electron chi connectivity index (χ0n) is 11.6. The van der Waals surface area contributed by atoms with Crippen molar-refractivity contribution in [1.29, 1.82) is 0 Å². The summed E-state index contributed by atoms with van der Waals surface area (Å²) in [5.41, 5.74) is 6.72. The quantitative estimate of drug-likeness (QED) is 0.706. The van der Waals surface area contributed by atoms with Crippen LogP contribution in [0.2, 0.25) is 0 Å². The van der Waals surface area contributed by atoms with E-state index in [0.717, 1.165) is 29.3 Å². The fourth-order valence-corrected chi connectivity index (χ4v) is 3.64. The van der Waals surface area contributed by atoms with Crippen molar-refractivity contribution in [3.05, 3.63) is 4.88 Å². The second-order valence-electron chi connectivity index (χ2n) is 5.23. The summed E-state index contributed by atoms with van der Waals surface area (Å²) < 4.78 is 0. The van der Waals surface area contributed by atoms with Gasteiger partial charge in [-0.1, -0.05) is 13.8 Å². The number of rotatable bonds is 6. The monoisotopic (exact) mass is 299 g/mol. The number of amides is 1. The summed E-state index contributed by atoms with van der Waals surface area (Å²) in [5.74, 6) is 0.527. The van der Waals surface area contributed by atoms with Gasteiger partial charge in [-0.15, -0.1) is 23.1 Å². The molecule has 0 atom stereocenters. The first kappa shape index (κ1) is 14.5. The summed E-state index contributed by atoms with van der Waals surface area (Å²) in [6.45, 7) is 5.20. The third-order valence-corrected chi connectivity index (χ3v) is 5.02. The van der Waals surface area contributed by atoms with Crippen LogP contribution in [0, 0.1) is 5.92 Å². The molecular weight excluding hydrogens is 278 g/mol. The normalized spacial score (nSPS) is 14.7. The fourth-order valence-electron chi connectivity index (χ4n) is 1.69. The lowest BCUT2D eigenvalue weighted by molar-refractivity contribution is 0.0956. The molecule has 0 aliphatic heterocycles. The van der Waals surface area contributed by atoms with Gasteiger partial charge in [-0.2, -0.15) is 0 Å². The van der Waals surface area contributed by atoms with E-state index in [2.05, 4.69) is 24.5 Å². The Balaban J connectivity index is 2.16. The van der Waals surface area contributed by atoms with Crippen LogP contribution in [0.4, 0.5) is 10.7 Å². The molecule has 0 radical (unpaired) electrons. The Labute approximate surface area is 122 Å². The average Bonchev–Trinajstić information content (AvgIpc) is 3.09. The first-order valence-corrected chi connectivity index (χ1v) is 8.58. The van der Waals surface area contributed by atoms with Crippen LogP contribution in [0.25, 0.3) is 0 Å². The van der Waals surface area contributed by atoms with Gasteiger partial charge in [0.2, 0.25) is 0 Å². The Bertz CT molecular complexity index is 467. The van der Waals surface area contributed by atoms with Crippen LogP contribution >= 0.6 is 23.1 Å². The Kier molecular flexibility index (Phi) is 4.62. The number of nitrogen functional groups attached to an aromatic ring is 1. The van der Waals surface area contributed by atoms with E-state index in [1.54, 1.807) is 11.8 Å². The Hall–Kier alpha value is -0.880. The molecule has 1 amide bonds. The van der Waals surface area contributed by atoms with E-state index in [9.17, 15) is 4.79 Å². The molecule has 1 heterocycles. The lowest BCUT2D eigenvalue weighted by atomic mass is 10.2. The van der Waals surface area contributed by atoms with Crippen LogP contribution in [0.3, 0.4) is 0 Å². The highest BCUT2D eigenvalue weighted by Crippen LogP contribution is 2.41. The number of nitrogens with two attached hydrogens (primary N) is 1. The molecule has 0 spiro atoms. The molecule has 1 aromatic heterocycles. The largest absolute Gasteiger partial charge is 0.396 e. The molecule has 6 heteroatoms. The van der Waals surface area contributed by atoms with Crippen molar-refractivity contribution in [3.8, 4) is 0 Å². The smallest absolute Gasteiger partial charge is 0.263 e. The molecule has 2 rings (SSSR count).